The van der Waals surface area contributed by atoms with Crippen molar-refractivity contribution in [2.75, 3.05) is 7.11 Å². The van der Waals surface area contributed by atoms with Gasteiger partial charge in [0, 0.05) is 11.8 Å². The summed E-state index contributed by atoms with van der Waals surface area (Å²) in [7, 11) is -2.44. The zero-order chi connectivity index (χ0) is 23.4. The Bertz CT molecular complexity index is 1310. The predicted molar refractivity (Wildman–Crippen MR) is 118 cm³/mol. The van der Waals surface area contributed by atoms with Gasteiger partial charge in [-0.15, -0.1) is 4.40 Å². The van der Waals surface area contributed by atoms with E-state index in [1.807, 2.05) is 30.3 Å². The second-order valence-electron chi connectivity index (χ2n) is 7.04. The quantitative estimate of drug-likeness (QED) is 0.485. The molecule has 4 rings (SSSR count). The summed E-state index contributed by atoms with van der Waals surface area (Å²) in [5.74, 6) is 0.361. The highest BCUT2D eigenvalue weighted by atomic mass is 32.2. The van der Waals surface area contributed by atoms with E-state index in [1.54, 1.807) is 31.4 Å². The van der Waals surface area contributed by atoms with E-state index in [9.17, 15) is 13.2 Å². The average molecular weight is 468 g/mol. The molecular formula is C22H20N4O6S. The van der Waals surface area contributed by atoms with Gasteiger partial charge < -0.3 is 14.0 Å². The number of nitrogens with zero attached hydrogens (tertiary/aromatic N) is 4. The molecule has 0 bridgehead atoms. The van der Waals surface area contributed by atoms with Crippen LogP contribution in [-0.4, -0.2) is 41.7 Å². The summed E-state index contributed by atoms with van der Waals surface area (Å²) in [6.45, 7) is 1.15. The van der Waals surface area contributed by atoms with E-state index in [-0.39, 0.29) is 30.3 Å². The number of carbonyl (C=O) groups is 1. The van der Waals surface area contributed by atoms with Gasteiger partial charge in [0.25, 0.3) is 5.89 Å². The fourth-order valence-electron chi connectivity index (χ4n) is 3.04. The van der Waals surface area contributed by atoms with Crippen LogP contribution in [0.5, 0.6) is 5.75 Å². The fourth-order valence-corrected chi connectivity index (χ4v) is 4.14. The summed E-state index contributed by atoms with van der Waals surface area (Å²) in [6.07, 6.45) is 1.22. The van der Waals surface area contributed by atoms with Gasteiger partial charge in [0.05, 0.1) is 24.9 Å². The highest BCUT2D eigenvalue weighted by Crippen LogP contribution is 2.22. The number of benzene rings is 2. The molecule has 0 amide bonds. The van der Waals surface area contributed by atoms with E-state index in [1.165, 1.54) is 13.1 Å². The SMILES string of the molecule is COc1ccc(CN2C=C(C(=O)OCc3nc(-c4ccccc4)no3)C(C)=NS2(=O)=O)cc1. The molecule has 1 aliphatic heterocycles. The Hall–Kier alpha value is -3.99. The highest BCUT2D eigenvalue weighted by molar-refractivity contribution is 7.88. The monoisotopic (exact) mass is 468 g/mol. The van der Waals surface area contributed by atoms with Crippen LogP contribution in [0.2, 0.25) is 0 Å². The van der Waals surface area contributed by atoms with Crippen LogP contribution in [-0.2, 0) is 32.9 Å². The molecule has 1 aromatic heterocycles. The minimum Gasteiger partial charge on any atom is -0.497 e. The van der Waals surface area contributed by atoms with Crippen molar-refractivity contribution in [3.05, 3.63) is 77.8 Å². The maximum atomic E-state index is 12.7. The van der Waals surface area contributed by atoms with Crippen molar-refractivity contribution >= 4 is 21.9 Å². The van der Waals surface area contributed by atoms with Crippen LogP contribution >= 0.6 is 0 Å². The smallest absolute Gasteiger partial charge is 0.344 e. The first-order valence-corrected chi connectivity index (χ1v) is 11.2. The topological polar surface area (TPSA) is 124 Å². The van der Waals surface area contributed by atoms with Crippen LogP contribution < -0.4 is 4.74 Å². The lowest BCUT2D eigenvalue weighted by molar-refractivity contribution is -0.140. The predicted octanol–water partition coefficient (Wildman–Crippen LogP) is 2.89. The molecule has 33 heavy (non-hydrogen) atoms. The zero-order valence-electron chi connectivity index (χ0n) is 17.8. The number of esters is 1. The van der Waals surface area contributed by atoms with Gasteiger partial charge in [-0.2, -0.15) is 13.4 Å². The molecular weight excluding hydrogens is 448 g/mol. The Kier molecular flexibility index (Phi) is 6.22. The summed E-state index contributed by atoms with van der Waals surface area (Å²) < 4.78 is 45.2. The largest absolute Gasteiger partial charge is 0.497 e. The van der Waals surface area contributed by atoms with Gasteiger partial charge >= 0.3 is 16.2 Å². The minimum atomic E-state index is -3.98. The molecule has 0 atom stereocenters. The summed E-state index contributed by atoms with van der Waals surface area (Å²) >= 11 is 0. The Morgan fingerprint density at radius 3 is 2.52 bits per heavy atom. The average Bonchev–Trinajstić information content (AvgIpc) is 3.29. The van der Waals surface area contributed by atoms with Crippen molar-refractivity contribution in [3.63, 3.8) is 0 Å². The molecule has 0 fully saturated rings. The first kappa shape index (κ1) is 22.2. The fraction of sp³-hybridized carbons (Fsp3) is 0.182. The first-order chi connectivity index (χ1) is 15.9. The number of ether oxygens (including phenoxy) is 2. The van der Waals surface area contributed by atoms with Crippen molar-refractivity contribution < 1.29 is 27.2 Å². The van der Waals surface area contributed by atoms with Crippen molar-refractivity contribution in [2.45, 2.75) is 20.1 Å². The van der Waals surface area contributed by atoms with Crippen molar-refractivity contribution in [1.29, 1.82) is 0 Å². The second kappa shape index (κ2) is 9.25. The van der Waals surface area contributed by atoms with Crippen molar-refractivity contribution in [1.82, 2.24) is 14.4 Å². The lowest BCUT2D eigenvalue weighted by atomic mass is 10.2. The molecule has 11 heteroatoms. The van der Waals surface area contributed by atoms with Gasteiger partial charge in [-0.25, -0.2) is 4.79 Å². The summed E-state index contributed by atoms with van der Waals surface area (Å²) in [5.41, 5.74) is 1.50. The molecule has 3 aromatic rings. The van der Waals surface area contributed by atoms with E-state index < -0.39 is 16.2 Å². The Balaban J connectivity index is 1.46. The van der Waals surface area contributed by atoms with Gasteiger partial charge in [-0.05, 0) is 24.6 Å². The van der Waals surface area contributed by atoms with Crippen LogP contribution in [0, 0.1) is 0 Å². The van der Waals surface area contributed by atoms with Gasteiger partial charge in [0.2, 0.25) is 5.82 Å². The molecule has 0 unspecified atom stereocenters. The summed E-state index contributed by atoms with van der Waals surface area (Å²) in [5, 5.41) is 3.87. The first-order valence-electron chi connectivity index (χ1n) is 9.84. The molecule has 2 aromatic carbocycles. The molecule has 0 aliphatic carbocycles. The van der Waals surface area contributed by atoms with Gasteiger partial charge in [-0.3, -0.25) is 4.31 Å². The van der Waals surface area contributed by atoms with Crippen LogP contribution in [0.3, 0.4) is 0 Å². The molecule has 10 nitrogen and oxygen atoms in total. The van der Waals surface area contributed by atoms with Crippen molar-refractivity contribution in [3.8, 4) is 17.1 Å². The van der Waals surface area contributed by atoms with Gasteiger partial charge in [0.1, 0.15) is 5.75 Å². The zero-order valence-corrected chi connectivity index (χ0v) is 18.7. The summed E-state index contributed by atoms with van der Waals surface area (Å²) in [6, 6.07) is 16.1. The van der Waals surface area contributed by atoms with Crippen LogP contribution in [0.15, 0.2) is 75.3 Å². The molecule has 0 saturated heterocycles. The van der Waals surface area contributed by atoms with E-state index in [4.69, 9.17) is 14.0 Å². The third-order valence-corrected chi connectivity index (χ3v) is 6.09. The van der Waals surface area contributed by atoms with Crippen LogP contribution in [0.4, 0.5) is 0 Å². The molecule has 0 spiro atoms. The molecule has 2 heterocycles. The normalized spacial score (nSPS) is 14.9. The molecule has 0 N–H and O–H groups in total. The molecule has 1 aliphatic rings. The lowest BCUT2D eigenvalue weighted by Gasteiger charge is -2.23. The maximum absolute atomic E-state index is 12.7. The number of hydrogen-bond acceptors (Lipinski definition) is 8. The van der Waals surface area contributed by atoms with Gasteiger partial charge in [-0.1, -0.05) is 47.6 Å². The van der Waals surface area contributed by atoms with E-state index >= 15 is 0 Å². The Morgan fingerprint density at radius 1 is 1.09 bits per heavy atom. The summed E-state index contributed by atoms with van der Waals surface area (Å²) in [4.78, 5) is 16.9. The number of aromatic nitrogens is 2. The van der Waals surface area contributed by atoms with Gasteiger partial charge in [0.15, 0.2) is 6.61 Å². The number of methoxy groups -OCH3 is 1. The standard InChI is InChI=1S/C22H20N4O6S/c1-15-19(13-26(33(28,29)25-15)12-16-8-10-18(30-2)11-9-16)22(27)31-14-20-23-21(24-32-20)17-6-4-3-5-7-17/h3-11,13H,12,14H2,1-2H3. The van der Waals surface area contributed by atoms with Crippen LogP contribution in [0.1, 0.15) is 18.4 Å². The second-order valence-corrected chi connectivity index (χ2v) is 8.59. The van der Waals surface area contributed by atoms with Crippen molar-refractivity contribution in [2.24, 2.45) is 4.40 Å². The Morgan fingerprint density at radius 2 is 1.82 bits per heavy atom. The van der Waals surface area contributed by atoms with E-state index in [2.05, 4.69) is 14.5 Å². The lowest BCUT2D eigenvalue weighted by Crippen LogP contribution is -2.31. The third-order valence-electron chi connectivity index (χ3n) is 4.76. The Labute approximate surface area is 190 Å². The highest BCUT2D eigenvalue weighted by Gasteiger charge is 2.29. The molecule has 0 saturated carbocycles. The third kappa shape index (κ3) is 5.09. The van der Waals surface area contributed by atoms with E-state index in [0.717, 1.165) is 9.87 Å². The number of rotatable bonds is 7. The van der Waals surface area contributed by atoms with E-state index in [0.29, 0.717) is 17.1 Å². The molecule has 0 radical (unpaired) electrons. The maximum Gasteiger partial charge on any atom is 0.344 e. The van der Waals surface area contributed by atoms with Crippen LogP contribution in [0.25, 0.3) is 11.4 Å². The molecule has 170 valence electrons. The number of hydrogen-bond donors (Lipinski definition) is 0. The number of carbonyl (C=O) groups excluding carboxylic acids is 1. The minimum absolute atomic E-state index is 0.00994.